The Balaban J connectivity index is 2.19. The zero-order valence-corrected chi connectivity index (χ0v) is 12.3. The van der Waals surface area contributed by atoms with Gasteiger partial charge in [0.1, 0.15) is 5.84 Å². The van der Waals surface area contributed by atoms with Gasteiger partial charge in [0.05, 0.1) is 5.92 Å². The van der Waals surface area contributed by atoms with Crippen molar-refractivity contribution in [2.24, 2.45) is 11.7 Å². The monoisotopic (exact) mass is 349 g/mol. The molecule has 1 aromatic carbocycles. The van der Waals surface area contributed by atoms with Crippen LogP contribution in [0.1, 0.15) is 18.4 Å². The second-order valence-corrected chi connectivity index (χ2v) is 5.76. The highest BCUT2D eigenvalue weighted by Gasteiger charge is 2.41. The van der Waals surface area contributed by atoms with Crippen molar-refractivity contribution >= 4 is 27.5 Å². The summed E-state index contributed by atoms with van der Waals surface area (Å²) in [5.74, 6) is -1.35. The molecule has 0 spiro atoms. The first-order valence-electron chi connectivity index (χ1n) is 6.24. The molecule has 1 aromatic rings. The van der Waals surface area contributed by atoms with Gasteiger partial charge in [-0.1, -0.05) is 0 Å². The summed E-state index contributed by atoms with van der Waals surface area (Å²) in [5, 5.41) is 7.39. The van der Waals surface area contributed by atoms with Gasteiger partial charge in [-0.3, -0.25) is 5.41 Å². The average Bonchev–Trinajstić information content (AvgIpc) is 2.37. The number of rotatable bonds is 2. The first-order valence-corrected chi connectivity index (χ1v) is 7.04. The Morgan fingerprint density at radius 1 is 1.40 bits per heavy atom. The van der Waals surface area contributed by atoms with Gasteiger partial charge in [-0.05, 0) is 47.0 Å². The highest BCUT2D eigenvalue weighted by Crippen LogP contribution is 2.35. The minimum Gasteiger partial charge on any atom is -0.384 e. The van der Waals surface area contributed by atoms with Crippen LogP contribution in [0.15, 0.2) is 22.7 Å². The van der Waals surface area contributed by atoms with Gasteiger partial charge in [-0.25, -0.2) is 0 Å². The number of nitrogens with zero attached hydrogens (tertiary/aromatic N) is 1. The number of nitrogen functional groups attached to an aromatic ring is 1. The molecule has 1 atom stereocenters. The Bertz CT molecular complexity index is 516. The predicted octanol–water partition coefficient (Wildman–Crippen LogP) is 3.51. The highest BCUT2D eigenvalue weighted by molar-refractivity contribution is 9.10. The summed E-state index contributed by atoms with van der Waals surface area (Å²) in [7, 11) is 0. The average molecular weight is 350 g/mol. The van der Waals surface area contributed by atoms with E-state index in [2.05, 4.69) is 15.9 Å². The molecule has 0 bridgehead atoms. The largest absolute Gasteiger partial charge is 0.393 e. The van der Waals surface area contributed by atoms with Gasteiger partial charge in [-0.15, -0.1) is 0 Å². The fraction of sp³-hybridized carbons (Fsp3) is 0.462. The molecule has 1 aliphatic heterocycles. The first-order chi connectivity index (χ1) is 9.29. The fourth-order valence-electron chi connectivity index (χ4n) is 2.40. The van der Waals surface area contributed by atoms with E-state index < -0.39 is 12.1 Å². The second-order valence-electron chi connectivity index (χ2n) is 4.90. The van der Waals surface area contributed by atoms with Gasteiger partial charge >= 0.3 is 6.18 Å². The zero-order valence-electron chi connectivity index (χ0n) is 10.7. The molecule has 0 aliphatic carbocycles. The van der Waals surface area contributed by atoms with Crippen LogP contribution < -0.4 is 10.6 Å². The van der Waals surface area contributed by atoms with Crippen LogP contribution in [0.25, 0.3) is 0 Å². The van der Waals surface area contributed by atoms with Gasteiger partial charge < -0.3 is 10.6 Å². The minimum absolute atomic E-state index is 0.0185. The maximum absolute atomic E-state index is 12.8. The Labute approximate surface area is 123 Å². The van der Waals surface area contributed by atoms with Crippen molar-refractivity contribution in [2.75, 3.05) is 18.0 Å². The van der Waals surface area contributed by atoms with Crippen LogP contribution in [0.2, 0.25) is 0 Å². The predicted molar refractivity (Wildman–Crippen MR) is 76.2 cm³/mol. The van der Waals surface area contributed by atoms with Gasteiger partial charge in [0, 0.05) is 28.8 Å². The van der Waals surface area contributed by atoms with E-state index in [1.54, 1.807) is 23.1 Å². The Morgan fingerprint density at radius 3 is 2.65 bits per heavy atom. The SMILES string of the molecule is N=C(N)c1ccc(N2CCCC(C(F)(F)F)C2)cc1Br. The lowest BCUT2D eigenvalue weighted by Gasteiger charge is -2.35. The summed E-state index contributed by atoms with van der Waals surface area (Å²) >= 11 is 3.30. The lowest BCUT2D eigenvalue weighted by molar-refractivity contribution is -0.175. The smallest absolute Gasteiger partial charge is 0.384 e. The third kappa shape index (κ3) is 3.26. The summed E-state index contributed by atoms with van der Waals surface area (Å²) in [4.78, 5) is 1.73. The van der Waals surface area contributed by atoms with Crippen LogP contribution >= 0.6 is 15.9 Å². The number of nitrogens with two attached hydrogens (primary N) is 1. The molecule has 110 valence electrons. The quantitative estimate of drug-likeness (QED) is 0.634. The number of anilines is 1. The molecular weight excluding hydrogens is 335 g/mol. The molecule has 0 radical (unpaired) electrons. The van der Waals surface area contributed by atoms with E-state index in [0.717, 1.165) is 5.69 Å². The molecule has 1 unspecified atom stereocenters. The molecule has 0 aromatic heterocycles. The maximum atomic E-state index is 12.8. The van der Waals surface area contributed by atoms with E-state index in [9.17, 15) is 13.2 Å². The van der Waals surface area contributed by atoms with Crippen LogP contribution in [0.3, 0.4) is 0 Å². The van der Waals surface area contributed by atoms with E-state index in [-0.39, 0.29) is 18.8 Å². The van der Waals surface area contributed by atoms with E-state index in [0.29, 0.717) is 23.0 Å². The van der Waals surface area contributed by atoms with Crippen molar-refractivity contribution in [3.63, 3.8) is 0 Å². The molecular formula is C13H15BrF3N3. The number of benzene rings is 1. The van der Waals surface area contributed by atoms with Crippen molar-refractivity contribution in [3.8, 4) is 0 Å². The third-order valence-corrected chi connectivity index (χ3v) is 4.15. The topological polar surface area (TPSA) is 53.1 Å². The standard InChI is InChI=1S/C13H15BrF3N3/c14-11-6-9(3-4-10(11)12(18)19)20-5-1-2-8(7-20)13(15,16)17/h3-4,6,8H,1-2,5,7H2,(H3,18,19). The molecule has 1 fully saturated rings. The van der Waals surface area contributed by atoms with Crippen LogP contribution in [-0.4, -0.2) is 25.1 Å². The molecule has 20 heavy (non-hydrogen) atoms. The summed E-state index contributed by atoms with van der Waals surface area (Å²) in [6.07, 6.45) is -3.43. The van der Waals surface area contributed by atoms with Crippen molar-refractivity contribution in [3.05, 3.63) is 28.2 Å². The summed E-state index contributed by atoms with van der Waals surface area (Å²) in [5.41, 5.74) is 6.67. The maximum Gasteiger partial charge on any atom is 0.393 e. The van der Waals surface area contributed by atoms with E-state index in [4.69, 9.17) is 11.1 Å². The van der Waals surface area contributed by atoms with Crippen molar-refractivity contribution in [2.45, 2.75) is 19.0 Å². The molecule has 2 rings (SSSR count). The normalized spacial score (nSPS) is 20.0. The third-order valence-electron chi connectivity index (χ3n) is 3.49. The van der Waals surface area contributed by atoms with Crippen LogP contribution in [0, 0.1) is 11.3 Å². The molecule has 1 aliphatic rings. The number of halogens is 4. The van der Waals surface area contributed by atoms with Gasteiger partial charge in [0.2, 0.25) is 0 Å². The van der Waals surface area contributed by atoms with Crippen LogP contribution in [0.5, 0.6) is 0 Å². The Morgan fingerprint density at radius 2 is 2.10 bits per heavy atom. The number of hydrogen-bond acceptors (Lipinski definition) is 2. The number of amidine groups is 1. The number of nitrogens with one attached hydrogen (secondary N) is 1. The zero-order chi connectivity index (χ0) is 14.9. The molecule has 7 heteroatoms. The van der Waals surface area contributed by atoms with Crippen molar-refractivity contribution in [1.29, 1.82) is 5.41 Å². The van der Waals surface area contributed by atoms with Gasteiger partial charge in [-0.2, -0.15) is 13.2 Å². The van der Waals surface area contributed by atoms with E-state index in [1.165, 1.54) is 0 Å². The molecule has 0 amide bonds. The molecule has 1 heterocycles. The number of alkyl halides is 3. The highest BCUT2D eigenvalue weighted by atomic mass is 79.9. The second kappa shape index (κ2) is 5.63. The van der Waals surface area contributed by atoms with E-state index in [1.807, 2.05) is 0 Å². The lowest BCUT2D eigenvalue weighted by atomic mass is 9.97. The van der Waals surface area contributed by atoms with Crippen LogP contribution in [-0.2, 0) is 0 Å². The molecule has 3 N–H and O–H groups in total. The number of piperidine rings is 1. The van der Waals surface area contributed by atoms with Gasteiger partial charge in [0.25, 0.3) is 0 Å². The number of hydrogen-bond donors (Lipinski definition) is 2. The molecule has 0 saturated carbocycles. The minimum atomic E-state index is -4.14. The first kappa shape index (κ1) is 15.2. The summed E-state index contributed by atoms with van der Waals surface area (Å²) in [6, 6.07) is 5.08. The summed E-state index contributed by atoms with van der Waals surface area (Å²) in [6.45, 7) is 0.591. The van der Waals surface area contributed by atoms with E-state index >= 15 is 0 Å². The summed E-state index contributed by atoms with van der Waals surface area (Å²) < 4.78 is 39.0. The lowest BCUT2D eigenvalue weighted by Crippen LogP contribution is -2.41. The van der Waals surface area contributed by atoms with Crippen molar-refractivity contribution in [1.82, 2.24) is 0 Å². The van der Waals surface area contributed by atoms with Crippen LogP contribution in [0.4, 0.5) is 18.9 Å². The molecule has 1 saturated heterocycles. The van der Waals surface area contributed by atoms with Gasteiger partial charge in [0.15, 0.2) is 0 Å². The fourth-order valence-corrected chi connectivity index (χ4v) is 2.98. The molecule has 3 nitrogen and oxygen atoms in total. The van der Waals surface area contributed by atoms with Crippen molar-refractivity contribution < 1.29 is 13.2 Å². The Hall–Kier alpha value is -1.24. The Kier molecular flexibility index (Phi) is 4.27.